The molecule has 0 unspecified atom stereocenters. The van der Waals surface area contributed by atoms with Crippen LogP contribution in [0.3, 0.4) is 0 Å². The van der Waals surface area contributed by atoms with Crippen LogP contribution in [0.25, 0.3) is 11.1 Å². The molecule has 1 fully saturated rings. The molecule has 3 nitrogen and oxygen atoms in total. The number of nitrogens with zero attached hydrogens (tertiary/aromatic N) is 2. The number of likely N-dealkylation sites (tertiary alicyclic amines) is 1. The van der Waals surface area contributed by atoms with E-state index >= 15 is 0 Å². The molecule has 1 aliphatic heterocycles. The fourth-order valence-corrected chi connectivity index (χ4v) is 2.99. The Morgan fingerprint density at radius 1 is 1.00 bits per heavy atom. The van der Waals surface area contributed by atoms with Crippen LogP contribution in [-0.2, 0) is 13.2 Å². The number of hydrogen-bond acceptors (Lipinski definition) is 3. The summed E-state index contributed by atoms with van der Waals surface area (Å²) < 4.78 is 0. The first kappa shape index (κ1) is 14.2. The van der Waals surface area contributed by atoms with Crippen LogP contribution in [0.1, 0.15) is 30.5 Å². The van der Waals surface area contributed by atoms with Gasteiger partial charge in [-0.1, -0.05) is 36.8 Å². The standard InChI is InChI=1S/C18H22N2O/c21-14-18-17(5-4-10-19-18)16-8-6-15(7-9-16)13-20-11-2-1-3-12-20/h4-10,21H,1-3,11-14H2. The fraction of sp³-hybridized carbons (Fsp3) is 0.389. The number of hydrogen-bond donors (Lipinski definition) is 1. The van der Waals surface area contributed by atoms with E-state index in [1.165, 1.54) is 37.9 Å². The van der Waals surface area contributed by atoms with Gasteiger partial charge < -0.3 is 5.11 Å². The van der Waals surface area contributed by atoms with Gasteiger partial charge in [0, 0.05) is 18.3 Å². The smallest absolute Gasteiger partial charge is 0.0859 e. The van der Waals surface area contributed by atoms with Crippen molar-refractivity contribution in [3.05, 3.63) is 53.9 Å². The SMILES string of the molecule is OCc1ncccc1-c1ccc(CN2CCCCC2)cc1. The summed E-state index contributed by atoms with van der Waals surface area (Å²) in [6.07, 6.45) is 5.75. The molecule has 1 aromatic heterocycles. The van der Waals surface area contributed by atoms with Crippen LogP contribution in [0.4, 0.5) is 0 Å². The number of pyridine rings is 1. The third kappa shape index (κ3) is 3.49. The number of benzene rings is 1. The second-order valence-electron chi connectivity index (χ2n) is 5.69. The monoisotopic (exact) mass is 282 g/mol. The summed E-state index contributed by atoms with van der Waals surface area (Å²) in [5.41, 5.74) is 4.23. The lowest BCUT2D eigenvalue weighted by Crippen LogP contribution is -2.28. The van der Waals surface area contributed by atoms with Crippen LogP contribution in [-0.4, -0.2) is 28.1 Å². The zero-order valence-electron chi connectivity index (χ0n) is 12.3. The molecule has 1 saturated heterocycles. The highest BCUT2D eigenvalue weighted by Crippen LogP contribution is 2.23. The molecule has 1 aliphatic rings. The molecule has 0 spiro atoms. The minimum Gasteiger partial charge on any atom is -0.390 e. The lowest BCUT2D eigenvalue weighted by molar-refractivity contribution is 0.221. The molecule has 21 heavy (non-hydrogen) atoms. The van der Waals surface area contributed by atoms with Crippen LogP contribution in [0.15, 0.2) is 42.6 Å². The van der Waals surface area contributed by atoms with E-state index in [0.29, 0.717) is 0 Å². The Morgan fingerprint density at radius 3 is 2.48 bits per heavy atom. The van der Waals surface area contributed by atoms with Crippen molar-refractivity contribution in [2.45, 2.75) is 32.4 Å². The van der Waals surface area contributed by atoms with E-state index in [-0.39, 0.29) is 6.61 Å². The van der Waals surface area contributed by atoms with Crippen molar-refractivity contribution in [2.75, 3.05) is 13.1 Å². The number of aliphatic hydroxyl groups is 1. The number of piperidine rings is 1. The van der Waals surface area contributed by atoms with Crippen LogP contribution >= 0.6 is 0 Å². The molecule has 2 heterocycles. The maximum Gasteiger partial charge on any atom is 0.0859 e. The molecule has 0 saturated carbocycles. The van der Waals surface area contributed by atoms with Gasteiger partial charge in [0.15, 0.2) is 0 Å². The summed E-state index contributed by atoms with van der Waals surface area (Å²) in [5.74, 6) is 0. The van der Waals surface area contributed by atoms with Gasteiger partial charge in [-0.05, 0) is 43.1 Å². The summed E-state index contributed by atoms with van der Waals surface area (Å²) in [6, 6.07) is 12.6. The molecule has 0 amide bonds. The van der Waals surface area contributed by atoms with Crippen molar-refractivity contribution in [1.29, 1.82) is 0 Å². The summed E-state index contributed by atoms with van der Waals surface area (Å²) >= 11 is 0. The third-order valence-electron chi connectivity index (χ3n) is 4.16. The van der Waals surface area contributed by atoms with E-state index in [0.717, 1.165) is 23.4 Å². The highest BCUT2D eigenvalue weighted by atomic mass is 16.3. The van der Waals surface area contributed by atoms with Crippen LogP contribution in [0.5, 0.6) is 0 Å². The zero-order chi connectivity index (χ0) is 14.5. The normalized spacial score (nSPS) is 16.0. The van der Waals surface area contributed by atoms with Crippen LogP contribution < -0.4 is 0 Å². The molecule has 2 aromatic rings. The van der Waals surface area contributed by atoms with Gasteiger partial charge in [-0.2, -0.15) is 0 Å². The Balaban J connectivity index is 1.74. The number of aliphatic hydroxyl groups excluding tert-OH is 1. The lowest BCUT2D eigenvalue weighted by Gasteiger charge is -2.26. The summed E-state index contributed by atoms with van der Waals surface area (Å²) in [5, 5.41) is 9.38. The van der Waals surface area contributed by atoms with Crippen molar-refractivity contribution in [3.8, 4) is 11.1 Å². The molecule has 1 N–H and O–H groups in total. The molecule has 3 rings (SSSR count). The maximum atomic E-state index is 9.38. The highest BCUT2D eigenvalue weighted by Gasteiger charge is 2.10. The Kier molecular flexibility index (Phi) is 4.63. The molecular weight excluding hydrogens is 260 g/mol. The predicted octanol–water partition coefficient (Wildman–Crippen LogP) is 3.23. The minimum atomic E-state index is -0.0221. The van der Waals surface area contributed by atoms with Gasteiger partial charge in [0.1, 0.15) is 0 Å². The van der Waals surface area contributed by atoms with Gasteiger partial charge in [-0.3, -0.25) is 9.88 Å². The maximum absolute atomic E-state index is 9.38. The first-order chi connectivity index (χ1) is 10.4. The molecule has 3 heteroatoms. The number of aromatic nitrogens is 1. The van der Waals surface area contributed by atoms with E-state index in [1.807, 2.05) is 12.1 Å². The van der Waals surface area contributed by atoms with Gasteiger partial charge in [0.05, 0.1) is 12.3 Å². The average molecular weight is 282 g/mol. The van der Waals surface area contributed by atoms with Crippen molar-refractivity contribution in [2.24, 2.45) is 0 Å². The van der Waals surface area contributed by atoms with E-state index < -0.39 is 0 Å². The molecule has 1 aromatic carbocycles. The van der Waals surface area contributed by atoms with E-state index in [1.54, 1.807) is 6.20 Å². The van der Waals surface area contributed by atoms with E-state index in [2.05, 4.69) is 34.1 Å². The summed E-state index contributed by atoms with van der Waals surface area (Å²) in [7, 11) is 0. The second kappa shape index (κ2) is 6.83. The zero-order valence-corrected chi connectivity index (χ0v) is 12.3. The molecule has 0 bridgehead atoms. The van der Waals surface area contributed by atoms with Crippen LogP contribution in [0, 0.1) is 0 Å². The van der Waals surface area contributed by atoms with Gasteiger partial charge in [-0.15, -0.1) is 0 Å². The Bertz CT molecular complexity index is 574. The van der Waals surface area contributed by atoms with Crippen molar-refractivity contribution in [1.82, 2.24) is 9.88 Å². The Hall–Kier alpha value is -1.71. The van der Waals surface area contributed by atoms with Crippen molar-refractivity contribution in [3.63, 3.8) is 0 Å². The van der Waals surface area contributed by atoms with E-state index in [4.69, 9.17) is 0 Å². The Morgan fingerprint density at radius 2 is 1.76 bits per heavy atom. The molecule has 0 radical (unpaired) electrons. The van der Waals surface area contributed by atoms with Gasteiger partial charge in [-0.25, -0.2) is 0 Å². The third-order valence-corrected chi connectivity index (χ3v) is 4.16. The van der Waals surface area contributed by atoms with Gasteiger partial charge in [0.25, 0.3) is 0 Å². The van der Waals surface area contributed by atoms with Gasteiger partial charge >= 0.3 is 0 Å². The lowest BCUT2D eigenvalue weighted by atomic mass is 10.0. The predicted molar refractivity (Wildman–Crippen MR) is 84.7 cm³/mol. The topological polar surface area (TPSA) is 36.4 Å². The molecule has 0 atom stereocenters. The highest BCUT2D eigenvalue weighted by molar-refractivity contribution is 5.65. The fourth-order valence-electron chi connectivity index (χ4n) is 2.99. The van der Waals surface area contributed by atoms with Crippen molar-refractivity contribution >= 4 is 0 Å². The number of rotatable bonds is 4. The largest absolute Gasteiger partial charge is 0.390 e. The van der Waals surface area contributed by atoms with Crippen molar-refractivity contribution < 1.29 is 5.11 Å². The second-order valence-corrected chi connectivity index (χ2v) is 5.69. The van der Waals surface area contributed by atoms with E-state index in [9.17, 15) is 5.11 Å². The Labute approximate surface area is 126 Å². The minimum absolute atomic E-state index is 0.0221. The summed E-state index contributed by atoms with van der Waals surface area (Å²) in [4.78, 5) is 6.76. The summed E-state index contributed by atoms with van der Waals surface area (Å²) in [6.45, 7) is 3.46. The van der Waals surface area contributed by atoms with Gasteiger partial charge in [0.2, 0.25) is 0 Å². The molecule has 110 valence electrons. The van der Waals surface area contributed by atoms with Crippen LogP contribution in [0.2, 0.25) is 0 Å². The first-order valence-corrected chi connectivity index (χ1v) is 7.73. The quantitative estimate of drug-likeness (QED) is 0.935. The average Bonchev–Trinajstić information content (AvgIpc) is 2.56. The molecule has 0 aliphatic carbocycles. The molecular formula is C18H22N2O. The first-order valence-electron chi connectivity index (χ1n) is 7.73.